The van der Waals surface area contributed by atoms with Gasteiger partial charge in [-0.2, -0.15) is 13.2 Å². The number of amides is 12. The van der Waals surface area contributed by atoms with Gasteiger partial charge in [-0.3, -0.25) is 57.5 Å². The van der Waals surface area contributed by atoms with Crippen molar-refractivity contribution in [3.63, 3.8) is 0 Å². The van der Waals surface area contributed by atoms with Gasteiger partial charge >= 0.3 is 6.18 Å². The van der Waals surface area contributed by atoms with Gasteiger partial charge in [0.05, 0.1) is 25.4 Å². The molecule has 3 N–H and O–H groups in total. The zero-order chi connectivity index (χ0) is 77.2. The first-order valence-corrected chi connectivity index (χ1v) is 38.9. The fraction of sp³-hybridized carbons (Fsp3) is 0.816. The molecule has 4 aliphatic carbocycles. The molecule has 2 bridgehead atoms. The van der Waals surface area contributed by atoms with Crippen molar-refractivity contribution in [3.8, 4) is 0 Å². The highest BCUT2D eigenvalue weighted by Gasteiger charge is 2.59. The van der Waals surface area contributed by atoms with Gasteiger partial charge in [0.1, 0.15) is 53.9 Å². The van der Waals surface area contributed by atoms with Gasteiger partial charge in [-0.15, -0.1) is 11.6 Å². The Morgan fingerprint density at radius 3 is 1.89 bits per heavy atom. The van der Waals surface area contributed by atoms with E-state index in [1.165, 1.54) is 86.4 Å². The minimum absolute atomic E-state index is 0.00551. The number of rotatable bonds is 12. The van der Waals surface area contributed by atoms with Crippen LogP contribution in [0.2, 0.25) is 0 Å². The highest BCUT2D eigenvalue weighted by Crippen LogP contribution is 2.50. The summed E-state index contributed by atoms with van der Waals surface area (Å²) in [6, 6.07) is -9.84. The molecule has 6 fully saturated rings. The summed E-state index contributed by atoms with van der Waals surface area (Å²) in [6.07, 6.45) is 6.48. The Kier molecular flexibility index (Phi) is 29.6. The smallest absolute Gasteiger partial charge is 0.344 e. The SMILES string of the molecule is CCC[C@H]1C(=O)N[C@@H]([C@@H](C)CC)C(=O)N(C)CC(=O)N(C)[C@H]2C/C=C\CCN(C2=O)[C@@H](CC2CCC(C)CC2)C(=O)N(C)CC(=O)N[C@@H](CCC2CCC(C(F)(F)F)C(Cl)C2)C(=O)N2C[C@@H](C)C[C@H]2C(=O)NC2(CC(C)(C)C2)C(=O)N(C)[C@@H](C2CCCC2)C(=O)N(C)[C@H](C(=O)N(C)CC)CC(=O)N1C. The van der Waals surface area contributed by atoms with Crippen LogP contribution in [-0.2, 0) is 57.5 Å². The molecule has 0 aromatic heterocycles. The first-order valence-electron chi connectivity index (χ1n) is 38.5. The van der Waals surface area contributed by atoms with Crippen LogP contribution in [0.25, 0.3) is 0 Å². The van der Waals surface area contributed by atoms with Crippen LogP contribution in [0.15, 0.2) is 12.2 Å². The van der Waals surface area contributed by atoms with Crippen LogP contribution in [0.3, 0.4) is 0 Å². The molecule has 0 aromatic rings. The van der Waals surface area contributed by atoms with Gasteiger partial charge < -0.3 is 60.0 Å². The molecule has 0 aromatic carbocycles. The molecule has 104 heavy (non-hydrogen) atoms. The maximum absolute atomic E-state index is 15.8. The van der Waals surface area contributed by atoms with Crippen LogP contribution in [0.5, 0.6) is 0 Å². The lowest BCUT2D eigenvalue weighted by Crippen LogP contribution is -2.71. The van der Waals surface area contributed by atoms with Crippen LogP contribution in [0.1, 0.15) is 203 Å². The summed E-state index contributed by atoms with van der Waals surface area (Å²) in [4.78, 5) is 194. The second kappa shape index (κ2) is 36.4. The first kappa shape index (κ1) is 84.7. The Labute approximate surface area is 620 Å². The van der Waals surface area contributed by atoms with E-state index in [0.29, 0.717) is 38.0 Å². The van der Waals surface area contributed by atoms with E-state index >= 15 is 28.8 Å². The van der Waals surface area contributed by atoms with E-state index in [1.807, 2.05) is 40.7 Å². The Bertz CT molecular complexity index is 3120. The highest BCUT2D eigenvalue weighted by molar-refractivity contribution is 6.21. The van der Waals surface area contributed by atoms with Crippen molar-refractivity contribution in [2.24, 2.45) is 46.8 Å². The van der Waals surface area contributed by atoms with Crippen LogP contribution in [0.4, 0.5) is 13.2 Å². The maximum Gasteiger partial charge on any atom is 0.393 e. The van der Waals surface area contributed by atoms with E-state index in [2.05, 4.69) is 22.9 Å². The number of nitrogens with zero attached hydrogens (tertiary/aromatic N) is 9. The normalized spacial score (nSPS) is 32.3. The van der Waals surface area contributed by atoms with Crippen LogP contribution >= 0.6 is 11.6 Å². The van der Waals surface area contributed by atoms with E-state index in [4.69, 9.17) is 11.6 Å². The molecular weight excluding hydrogens is 1370 g/mol. The first-order chi connectivity index (χ1) is 48.8. The molecule has 586 valence electrons. The van der Waals surface area contributed by atoms with Crippen molar-refractivity contribution in [1.82, 2.24) is 60.0 Å². The molecule has 3 heterocycles. The summed E-state index contributed by atoms with van der Waals surface area (Å²) in [5.41, 5.74) is -2.10. The quantitative estimate of drug-likeness (QED) is 0.130. The fourth-order valence-corrected chi connectivity index (χ4v) is 18.1. The number of nitrogens with one attached hydrogen (secondary N) is 3. The Balaban J connectivity index is 1.31. The monoisotopic (exact) mass is 1490 g/mol. The number of likely N-dealkylation sites (N-methyl/N-ethyl adjacent to an activating group) is 7. The largest absolute Gasteiger partial charge is 0.393 e. The van der Waals surface area contributed by atoms with Gasteiger partial charge in [0.25, 0.3) is 0 Å². The summed E-state index contributed by atoms with van der Waals surface area (Å²) in [5.74, 6) is -10.4. The van der Waals surface area contributed by atoms with E-state index in [0.717, 1.165) is 38.5 Å². The van der Waals surface area contributed by atoms with Gasteiger partial charge in [0.15, 0.2) is 0 Å². The second-order valence-corrected chi connectivity index (χ2v) is 33.5. The summed E-state index contributed by atoms with van der Waals surface area (Å²) in [6.45, 7) is 14.3. The van der Waals surface area contributed by atoms with Crippen LogP contribution in [0, 0.1) is 46.8 Å². The van der Waals surface area contributed by atoms with Crippen LogP contribution in [-0.4, -0.2) is 262 Å². The van der Waals surface area contributed by atoms with Crippen molar-refractivity contribution >= 4 is 82.5 Å². The number of hydrogen-bond donors (Lipinski definition) is 3. The average molecular weight is 1490 g/mol. The third kappa shape index (κ3) is 20.4. The average Bonchev–Trinajstić information content (AvgIpc) is 0.943. The van der Waals surface area contributed by atoms with Crippen molar-refractivity contribution in [2.75, 3.05) is 82.1 Å². The molecule has 28 heteroatoms. The molecule has 4 saturated carbocycles. The zero-order valence-electron chi connectivity index (χ0n) is 64.6. The number of carbonyl (C=O) groups excluding carboxylic acids is 12. The zero-order valence-corrected chi connectivity index (χ0v) is 65.4. The predicted molar refractivity (Wildman–Crippen MR) is 388 cm³/mol. The summed E-state index contributed by atoms with van der Waals surface area (Å²) >= 11 is 6.46. The van der Waals surface area contributed by atoms with Crippen LogP contribution < -0.4 is 16.0 Å². The standard InChI is InChI=1S/C76H122ClF3N12O12/c1-16-24-55-65(96)82-63(48(6)17-2)71(102)86(11)43-62(95)88(13)56-27-20-19-23-36-91(70(56)101)59(39-50-30-28-46(4)29-31-50)69(100)85(10)42-60(93)81-54(35-33-49-32-34-52(53(77)38-49)76(78,79)80)67(98)92-41-47(5)37-57(92)66(97)83-75(44-74(7,8)45-75)73(104)90(15)64(51-25-21-22-26-51)72(103)89(14)58(40-61(94)87(55)12)68(99)84(9)18-3/h19-20,46-59,63-64H,16-18,21-45H2,1-15H3,(H,81,93)(H,82,96)(H,83,97)/b20-19-/t46?,47-,48-,49?,50?,52?,53?,54-,55-,56-,57-,58-,59-,63-,64-/m0/s1. The van der Waals surface area contributed by atoms with E-state index < -0.39 is 179 Å². The van der Waals surface area contributed by atoms with Crippen molar-refractivity contribution in [1.29, 1.82) is 0 Å². The summed E-state index contributed by atoms with van der Waals surface area (Å²) < 4.78 is 42.3. The lowest BCUT2D eigenvalue weighted by molar-refractivity contribution is -0.182. The third-order valence-electron chi connectivity index (χ3n) is 24.2. The Morgan fingerprint density at radius 1 is 0.663 bits per heavy atom. The third-order valence-corrected chi connectivity index (χ3v) is 24.7. The second-order valence-electron chi connectivity index (χ2n) is 32.9. The Hall–Kier alpha value is -6.54. The lowest BCUT2D eigenvalue weighted by atomic mass is 9.58. The molecule has 24 nitrogen and oxygen atoms in total. The van der Waals surface area contributed by atoms with Gasteiger partial charge in [-0.05, 0) is 138 Å². The molecule has 1 spiro atoms. The number of carbonyl (C=O) groups is 12. The number of halogens is 4. The molecule has 0 radical (unpaired) electrons. The number of fused-ring (bicyclic) bond motifs is 3. The van der Waals surface area contributed by atoms with E-state index in [9.17, 15) is 41.9 Å². The molecule has 7 rings (SSSR count). The van der Waals surface area contributed by atoms with Crippen molar-refractivity contribution in [2.45, 2.75) is 268 Å². The Morgan fingerprint density at radius 2 is 1.30 bits per heavy atom. The molecule has 13 atom stereocenters. The highest BCUT2D eigenvalue weighted by atomic mass is 35.5. The summed E-state index contributed by atoms with van der Waals surface area (Å²) in [5, 5.41) is 7.67. The van der Waals surface area contributed by atoms with Crippen molar-refractivity contribution < 1.29 is 70.7 Å². The molecule has 12 amide bonds. The molecule has 7 aliphatic rings. The summed E-state index contributed by atoms with van der Waals surface area (Å²) in [7, 11) is 10.2. The van der Waals surface area contributed by atoms with Gasteiger partial charge in [-0.1, -0.05) is 112 Å². The predicted octanol–water partition coefficient (Wildman–Crippen LogP) is 7.14. The number of alkyl halides is 4. The number of hydrogen-bond acceptors (Lipinski definition) is 12. The van der Waals surface area contributed by atoms with E-state index in [-0.39, 0.29) is 108 Å². The van der Waals surface area contributed by atoms with Crippen molar-refractivity contribution in [3.05, 3.63) is 12.2 Å². The van der Waals surface area contributed by atoms with Gasteiger partial charge in [0.2, 0.25) is 70.9 Å². The molecule has 2 saturated heterocycles. The topological polar surface area (TPSA) is 270 Å². The van der Waals surface area contributed by atoms with Gasteiger partial charge in [0, 0.05) is 74.3 Å². The van der Waals surface area contributed by atoms with E-state index in [1.54, 1.807) is 27.0 Å². The molecular formula is C76H122ClF3N12O12. The molecule has 3 unspecified atom stereocenters. The molecule has 3 aliphatic heterocycles. The minimum Gasteiger partial charge on any atom is -0.344 e. The fourth-order valence-electron chi connectivity index (χ4n) is 17.6. The minimum atomic E-state index is -4.52. The maximum atomic E-state index is 15.8. The lowest BCUT2D eigenvalue weighted by Gasteiger charge is -2.54. The van der Waals surface area contributed by atoms with Gasteiger partial charge in [-0.25, -0.2) is 0 Å².